The second kappa shape index (κ2) is 4.88. The van der Waals surface area contributed by atoms with Crippen LogP contribution in [0.2, 0.25) is 0 Å². The van der Waals surface area contributed by atoms with Gasteiger partial charge in [-0.15, -0.1) is 0 Å². The summed E-state index contributed by atoms with van der Waals surface area (Å²) >= 11 is 3.66. The Morgan fingerprint density at radius 3 is 2.31 bits per heavy atom. The summed E-state index contributed by atoms with van der Waals surface area (Å²) < 4.78 is 5.59. The van der Waals surface area contributed by atoms with Gasteiger partial charge in [0.1, 0.15) is 11.5 Å². The van der Waals surface area contributed by atoms with E-state index in [1.807, 2.05) is 19.1 Å². The lowest BCUT2D eigenvalue weighted by Gasteiger charge is -2.07. The zero-order valence-electron chi connectivity index (χ0n) is 9.53. The Labute approximate surface area is 105 Å². The minimum absolute atomic E-state index is 0.254. The number of furan rings is 1. The molecule has 1 aromatic carbocycles. The zero-order chi connectivity index (χ0) is 11.5. The number of halogens is 1. The Morgan fingerprint density at radius 1 is 1.06 bits per heavy atom. The van der Waals surface area contributed by atoms with Crippen molar-refractivity contribution in [1.82, 2.24) is 0 Å². The lowest BCUT2D eigenvalue weighted by Crippen LogP contribution is -1.93. The summed E-state index contributed by atoms with van der Waals surface area (Å²) in [6.45, 7) is 4.07. The van der Waals surface area contributed by atoms with Gasteiger partial charge in [0.05, 0.1) is 4.83 Å². The van der Waals surface area contributed by atoms with Crippen molar-refractivity contribution in [1.29, 1.82) is 0 Å². The molecule has 2 rings (SSSR count). The number of hydrogen-bond donors (Lipinski definition) is 0. The zero-order valence-corrected chi connectivity index (χ0v) is 11.1. The number of aryl methyl sites for hydroxylation is 2. The summed E-state index contributed by atoms with van der Waals surface area (Å²) in [5.41, 5.74) is 2.62. The third-order valence-corrected chi connectivity index (χ3v) is 3.38. The fraction of sp³-hybridized carbons (Fsp3) is 0.286. The van der Waals surface area contributed by atoms with Gasteiger partial charge in [0.15, 0.2) is 0 Å². The van der Waals surface area contributed by atoms with E-state index in [2.05, 4.69) is 47.1 Å². The first-order valence-electron chi connectivity index (χ1n) is 5.41. The van der Waals surface area contributed by atoms with Gasteiger partial charge in [-0.05, 0) is 38.0 Å². The van der Waals surface area contributed by atoms with Crippen LogP contribution in [0.3, 0.4) is 0 Å². The molecule has 0 aliphatic rings. The first kappa shape index (κ1) is 11.5. The molecule has 0 bridgehead atoms. The number of hydrogen-bond acceptors (Lipinski definition) is 1. The van der Waals surface area contributed by atoms with Gasteiger partial charge in [0, 0.05) is 0 Å². The highest BCUT2D eigenvalue weighted by atomic mass is 79.9. The summed E-state index contributed by atoms with van der Waals surface area (Å²) in [6.07, 6.45) is 0.952. The monoisotopic (exact) mass is 278 g/mol. The lowest BCUT2D eigenvalue weighted by atomic mass is 10.1. The molecular formula is C14H15BrO. The van der Waals surface area contributed by atoms with Gasteiger partial charge in [-0.1, -0.05) is 45.8 Å². The van der Waals surface area contributed by atoms with E-state index in [1.165, 1.54) is 11.1 Å². The standard InChI is InChI=1S/C14H15BrO/c1-10-3-6-12(7-4-10)9-13(15)14-8-5-11(2)16-14/h3-8,13H,9H2,1-2H3. The molecule has 0 aliphatic carbocycles. The van der Waals surface area contributed by atoms with Crippen LogP contribution in [0.5, 0.6) is 0 Å². The van der Waals surface area contributed by atoms with E-state index in [1.54, 1.807) is 0 Å². The molecule has 1 heterocycles. The topological polar surface area (TPSA) is 13.1 Å². The lowest BCUT2D eigenvalue weighted by molar-refractivity contribution is 0.481. The summed E-state index contributed by atoms with van der Waals surface area (Å²) in [5.74, 6) is 1.96. The van der Waals surface area contributed by atoms with Crippen molar-refractivity contribution in [2.24, 2.45) is 0 Å². The van der Waals surface area contributed by atoms with E-state index in [9.17, 15) is 0 Å². The quantitative estimate of drug-likeness (QED) is 0.750. The average molecular weight is 279 g/mol. The molecule has 1 unspecified atom stereocenters. The van der Waals surface area contributed by atoms with Crippen molar-refractivity contribution < 1.29 is 4.42 Å². The highest BCUT2D eigenvalue weighted by molar-refractivity contribution is 9.09. The molecule has 0 spiro atoms. The highest BCUT2D eigenvalue weighted by Crippen LogP contribution is 2.28. The number of alkyl halides is 1. The van der Waals surface area contributed by atoms with Crippen LogP contribution in [0.4, 0.5) is 0 Å². The number of benzene rings is 1. The van der Waals surface area contributed by atoms with E-state index in [0.29, 0.717) is 0 Å². The average Bonchev–Trinajstić information content (AvgIpc) is 2.68. The maximum atomic E-state index is 5.59. The smallest absolute Gasteiger partial charge is 0.118 e. The van der Waals surface area contributed by atoms with Crippen molar-refractivity contribution in [2.45, 2.75) is 25.1 Å². The molecule has 0 saturated carbocycles. The maximum Gasteiger partial charge on any atom is 0.118 e. The molecule has 1 nitrogen and oxygen atoms in total. The van der Waals surface area contributed by atoms with E-state index in [0.717, 1.165) is 17.9 Å². The van der Waals surface area contributed by atoms with Gasteiger partial charge in [0.25, 0.3) is 0 Å². The van der Waals surface area contributed by atoms with E-state index in [-0.39, 0.29) is 4.83 Å². The fourth-order valence-electron chi connectivity index (χ4n) is 1.65. The van der Waals surface area contributed by atoms with Crippen LogP contribution >= 0.6 is 15.9 Å². The first-order chi connectivity index (χ1) is 7.65. The highest BCUT2D eigenvalue weighted by Gasteiger charge is 2.11. The molecule has 1 atom stereocenters. The van der Waals surface area contributed by atoms with Gasteiger partial charge in [-0.25, -0.2) is 0 Å². The summed E-state index contributed by atoms with van der Waals surface area (Å²) in [5, 5.41) is 0. The van der Waals surface area contributed by atoms with Gasteiger partial charge in [0.2, 0.25) is 0 Å². The predicted molar refractivity (Wildman–Crippen MR) is 70.0 cm³/mol. The Bertz CT molecular complexity index is 456. The van der Waals surface area contributed by atoms with Crippen LogP contribution in [-0.2, 0) is 6.42 Å². The maximum absolute atomic E-state index is 5.59. The van der Waals surface area contributed by atoms with Crippen LogP contribution in [0.25, 0.3) is 0 Å². The summed E-state index contributed by atoms with van der Waals surface area (Å²) in [6, 6.07) is 12.6. The van der Waals surface area contributed by atoms with Crippen molar-refractivity contribution in [2.75, 3.05) is 0 Å². The molecule has 0 amide bonds. The van der Waals surface area contributed by atoms with Crippen LogP contribution in [0, 0.1) is 13.8 Å². The molecule has 16 heavy (non-hydrogen) atoms. The third kappa shape index (κ3) is 2.76. The van der Waals surface area contributed by atoms with Crippen LogP contribution in [-0.4, -0.2) is 0 Å². The van der Waals surface area contributed by atoms with Crippen molar-refractivity contribution >= 4 is 15.9 Å². The van der Waals surface area contributed by atoms with Crippen LogP contribution in [0.15, 0.2) is 40.8 Å². The van der Waals surface area contributed by atoms with E-state index in [4.69, 9.17) is 4.42 Å². The van der Waals surface area contributed by atoms with Crippen molar-refractivity contribution in [3.8, 4) is 0 Å². The molecule has 0 radical (unpaired) electrons. The Hall–Kier alpha value is -1.02. The molecular weight excluding hydrogens is 264 g/mol. The van der Waals surface area contributed by atoms with Crippen molar-refractivity contribution in [3.63, 3.8) is 0 Å². The van der Waals surface area contributed by atoms with E-state index >= 15 is 0 Å². The van der Waals surface area contributed by atoms with Crippen LogP contribution in [0.1, 0.15) is 27.5 Å². The largest absolute Gasteiger partial charge is 0.465 e. The second-order valence-electron chi connectivity index (χ2n) is 4.11. The normalized spacial score (nSPS) is 12.7. The Balaban J connectivity index is 2.07. The first-order valence-corrected chi connectivity index (χ1v) is 6.32. The number of rotatable bonds is 3. The van der Waals surface area contributed by atoms with E-state index < -0.39 is 0 Å². The Morgan fingerprint density at radius 2 is 1.75 bits per heavy atom. The van der Waals surface area contributed by atoms with Crippen molar-refractivity contribution in [3.05, 3.63) is 59.0 Å². The minimum atomic E-state index is 0.254. The second-order valence-corrected chi connectivity index (χ2v) is 5.21. The minimum Gasteiger partial charge on any atom is -0.465 e. The predicted octanol–water partition coefficient (Wildman–Crippen LogP) is 4.58. The van der Waals surface area contributed by atoms with Gasteiger partial charge < -0.3 is 4.42 Å². The molecule has 0 saturated heterocycles. The molecule has 2 heteroatoms. The molecule has 0 aliphatic heterocycles. The fourth-order valence-corrected chi connectivity index (χ4v) is 2.27. The van der Waals surface area contributed by atoms with Gasteiger partial charge in [-0.3, -0.25) is 0 Å². The molecule has 0 fully saturated rings. The molecule has 84 valence electrons. The molecule has 2 aromatic rings. The van der Waals surface area contributed by atoms with Crippen LogP contribution < -0.4 is 0 Å². The Kier molecular flexibility index (Phi) is 3.49. The summed E-state index contributed by atoms with van der Waals surface area (Å²) in [4.78, 5) is 0.254. The third-order valence-electron chi connectivity index (χ3n) is 2.61. The van der Waals surface area contributed by atoms with Gasteiger partial charge in [-0.2, -0.15) is 0 Å². The summed E-state index contributed by atoms with van der Waals surface area (Å²) in [7, 11) is 0. The van der Waals surface area contributed by atoms with Gasteiger partial charge >= 0.3 is 0 Å². The SMILES string of the molecule is Cc1ccc(CC(Br)c2ccc(C)o2)cc1. The molecule has 1 aromatic heterocycles. The molecule has 0 N–H and O–H groups in total.